The highest BCUT2D eigenvalue weighted by Gasteiger charge is 2.22. The number of carbonyl (C=O) groups excluding carboxylic acids is 1. The van der Waals surface area contributed by atoms with Gasteiger partial charge in [0.15, 0.2) is 5.15 Å². The van der Waals surface area contributed by atoms with Crippen molar-refractivity contribution in [1.29, 1.82) is 5.26 Å². The van der Waals surface area contributed by atoms with E-state index in [2.05, 4.69) is 26.7 Å². The maximum atomic E-state index is 11.8. The lowest BCUT2D eigenvalue weighted by atomic mass is 10.1. The fourth-order valence-electron chi connectivity index (χ4n) is 2.88. The maximum Gasteiger partial charge on any atom is 0.407 e. The Balaban J connectivity index is 1.63. The van der Waals surface area contributed by atoms with E-state index in [4.69, 9.17) is 16.3 Å². The summed E-state index contributed by atoms with van der Waals surface area (Å²) in [5.74, 6) is 0.181. The summed E-state index contributed by atoms with van der Waals surface area (Å²) >= 11 is 7.40. The molecule has 1 aromatic carbocycles. The zero-order valence-corrected chi connectivity index (χ0v) is 19.1. The Hall–Kier alpha value is -2.83. The smallest absolute Gasteiger partial charge is 0.407 e. The van der Waals surface area contributed by atoms with Crippen LogP contribution in [0.3, 0.4) is 0 Å². The summed E-state index contributed by atoms with van der Waals surface area (Å²) < 4.78 is 5.25. The van der Waals surface area contributed by atoms with Crippen molar-refractivity contribution in [3.05, 3.63) is 41.2 Å². The minimum atomic E-state index is -0.520. The highest BCUT2D eigenvalue weighted by atomic mass is 35.5. The summed E-state index contributed by atoms with van der Waals surface area (Å²) in [5, 5.41) is 26.4. The molecule has 2 aromatic rings. The molecule has 8 nitrogen and oxygen atoms in total. The molecule has 0 fully saturated rings. The van der Waals surface area contributed by atoms with E-state index >= 15 is 0 Å². The van der Waals surface area contributed by atoms with Crippen LogP contribution in [0, 0.1) is 17.2 Å². The van der Waals surface area contributed by atoms with Gasteiger partial charge in [0.2, 0.25) is 0 Å². The second kappa shape index (κ2) is 9.98. The Labute approximate surface area is 190 Å². The van der Waals surface area contributed by atoms with Gasteiger partial charge in [0, 0.05) is 35.0 Å². The van der Waals surface area contributed by atoms with Gasteiger partial charge in [0.05, 0.1) is 23.5 Å². The molecule has 1 aliphatic heterocycles. The molecule has 1 atom stereocenters. The number of halogens is 1. The van der Waals surface area contributed by atoms with Crippen molar-refractivity contribution >= 4 is 41.4 Å². The van der Waals surface area contributed by atoms with Crippen molar-refractivity contribution in [3.63, 3.8) is 0 Å². The van der Waals surface area contributed by atoms with E-state index in [1.165, 1.54) is 11.8 Å². The summed E-state index contributed by atoms with van der Waals surface area (Å²) in [6, 6.07) is 9.37. The monoisotopic (exact) mass is 458 g/mol. The first-order valence-electron chi connectivity index (χ1n) is 9.72. The van der Waals surface area contributed by atoms with Crippen molar-refractivity contribution in [3.8, 4) is 6.07 Å². The second-order valence-electron chi connectivity index (χ2n) is 7.93. The first kappa shape index (κ1) is 22.8. The minimum absolute atomic E-state index is 0.181. The van der Waals surface area contributed by atoms with Crippen molar-refractivity contribution < 1.29 is 9.53 Å². The van der Waals surface area contributed by atoms with Crippen LogP contribution in [0.1, 0.15) is 32.8 Å². The standard InChI is InChI=1S/C21H23ClN6O2S/c1-21(2,3)30-20(29)24-7-6-15-11-26-28(13-15)17-5-4-14(10-23)8-18(17)31-16-9-19(22)27-25-12-16/h4-5,8-9,11-12,15H,6-7,13H2,1-3H3,(H,24,29). The number of hydrazone groups is 1. The van der Waals surface area contributed by atoms with Crippen LogP contribution in [0.4, 0.5) is 10.5 Å². The van der Waals surface area contributed by atoms with Crippen LogP contribution in [-0.4, -0.2) is 41.2 Å². The minimum Gasteiger partial charge on any atom is -0.444 e. The van der Waals surface area contributed by atoms with Crippen LogP contribution in [0.15, 0.2) is 45.4 Å². The van der Waals surface area contributed by atoms with Crippen molar-refractivity contribution in [2.75, 3.05) is 18.1 Å². The Kier molecular flexibility index (Phi) is 7.36. The van der Waals surface area contributed by atoms with E-state index in [0.717, 1.165) is 21.9 Å². The zero-order chi connectivity index (χ0) is 22.4. The number of alkyl carbamates (subject to hydrolysis) is 1. The lowest BCUT2D eigenvalue weighted by Gasteiger charge is -2.21. The molecule has 0 bridgehead atoms. The molecule has 1 aromatic heterocycles. The van der Waals surface area contributed by atoms with Gasteiger partial charge in [-0.05, 0) is 51.5 Å². The van der Waals surface area contributed by atoms with E-state index in [0.29, 0.717) is 23.8 Å². The molecule has 0 spiro atoms. The summed E-state index contributed by atoms with van der Waals surface area (Å²) in [4.78, 5) is 13.5. The molecule has 1 aliphatic rings. The number of ether oxygens (including phenoxy) is 1. The number of aromatic nitrogens is 2. The van der Waals surface area contributed by atoms with E-state index in [-0.39, 0.29) is 5.92 Å². The second-order valence-corrected chi connectivity index (χ2v) is 9.44. The zero-order valence-electron chi connectivity index (χ0n) is 17.5. The number of rotatable bonds is 6. The number of nitrogens with one attached hydrogen (secondary N) is 1. The molecule has 1 unspecified atom stereocenters. The summed E-state index contributed by atoms with van der Waals surface area (Å²) in [6.07, 6.45) is 3.82. The first-order valence-corrected chi connectivity index (χ1v) is 10.9. The molecule has 0 radical (unpaired) electrons. The molecule has 162 valence electrons. The Morgan fingerprint density at radius 1 is 1.42 bits per heavy atom. The van der Waals surface area contributed by atoms with Gasteiger partial charge in [-0.2, -0.15) is 15.5 Å². The van der Waals surface area contributed by atoms with Gasteiger partial charge >= 0.3 is 6.09 Å². The van der Waals surface area contributed by atoms with E-state index in [9.17, 15) is 10.1 Å². The van der Waals surface area contributed by atoms with Gasteiger partial charge in [0.1, 0.15) is 5.60 Å². The summed E-state index contributed by atoms with van der Waals surface area (Å²) in [6.45, 7) is 6.66. The molecule has 0 saturated carbocycles. The van der Waals surface area contributed by atoms with Crippen LogP contribution in [-0.2, 0) is 4.74 Å². The largest absolute Gasteiger partial charge is 0.444 e. The molecule has 1 amide bonds. The average molecular weight is 459 g/mol. The van der Waals surface area contributed by atoms with Gasteiger partial charge in [-0.25, -0.2) is 4.79 Å². The quantitative estimate of drug-likeness (QED) is 0.679. The normalized spacial score (nSPS) is 15.6. The molecule has 0 saturated heterocycles. The van der Waals surface area contributed by atoms with Gasteiger partial charge in [-0.15, -0.1) is 5.10 Å². The van der Waals surface area contributed by atoms with Crippen molar-refractivity contribution in [2.45, 2.75) is 42.6 Å². The average Bonchev–Trinajstić information content (AvgIpc) is 3.15. The molecule has 2 heterocycles. The van der Waals surface area contributed by atoms with Crippen LogP contribution in [0.2, 0.25) is 5.15 Å². The Morgan fingerprint density at radius 3 is 2.94 bits per heavy atom. The van der Waals surface area contributed by atoms with E-state index in [1.54, 1.807) is 18.3 Å². The maximum absolute atomic E-state index is 11.8. The molecule has 0 aliphatic carbocycles. The number of hydrogen-bond acceptors (Lipinski definition) is 8. The van der Waals surface area contributed by atoms with E-state index < -0.39 is 11.7 Å². The Bertz CT molecular complexity index is 1020. The predicted octanol–water partition coefficient (Wildman–Crippen LogP) is 4.49. The van der Waals surface area contributed by atoms with Crippen molar-refractivity contribution in [2.24, 2.45) is 11.0 Å². The third kappa shape index (κ3) is 6.84. The van der Waals surface area contributed by atoms with Crippen LogP contribution in [0.25, 0.3) is 0 Å². The fraction of sp³-hybridized carbons (Fsp3) is 0.381. The van der Waals surface area contributed by atoms with Gasteiger partial charge in [-0.1, -0.05) is 23.4 Å². The highest BCUT2D eigenvalue weighted by Crippen LogP contribution is 2.37. The first-order chi connectivity index (χ1) is 14.7. The topological polar surface area (TPSA) is 104 Å². The van der Waals surface area contributed by atoms with Crippen LogP contribution in [0.5, 0.6) is 0 Å². The predicted molar refractivity (Wildman–Crippen MR) is 121 cm³/mol. The number of amides is 1. The van der Waals surface area contributed by atoms with Crippen molar-refractivity contribution in [1.82, 2.24) is 15.5 Å². The highest BCUT2D eigenvalue weighted by molar-refractivity contribution is 7.99. The SMILES string of the molecule is CC(C)(C)OC(=O)NCCC1C=NN(c2ccc(C#N)cc2Sc2cnnc(Cl)c2)C1. The molecular formula is C21H23ClN6O2S. The van der Waals surface area contributed by atoms with Gasteiger partial charge in [-0.3, -0.25) is 5.01 Å². The number of anilines is 1. The molecular weight excluding hydrogens is 436 g/mol. The number of nitriles is 1. The molecule has 10 heteroatoms. The summed E-state index contributed by atoms with van der Waals surface area (Å²) in [5.41, 5.74) is 0.921. The number of hydrogen-bond donors (Lipinski definition) is 1. The number of carbonyl (C=O) groups is 1. The molecule has 1 N–H and O–H groups in total. The van der Waals surface area contributed by atoms with E-state index in [1.807, 2.05) is 44.1 Å². The van der Waals surface area contributed by atoms with Gasteiger partial charge in [0.25, 0.3) is 0 Å². The third-order valence-corrected chi connectivity index (χ3v) is 5.39. The third-order valence-electron chi connectivity index (χ3n) is 4.20. The fourth-order valence-corrected chi connectivity index (χ4v) is 4.09. The number of nitrogens with zero attached hydrogens (tertiary/aromatic N) is 5. The lowest BCUT2D eigenvalue weighted by Crippen LogP contribution is -2.34. The van der Waals surface area contributed by atoms with Crippen LogP contribution >= 0.6 is 23.4 Å². The van der Waals surface area contributed by atoms with Crippen LogP contribution < -0.4 is 10.3 Å². The lowest BCUT2D eigenvalue weighted by molar-refractivity contribution is 0.0526. The molecule has 3 rings (SSSR count). The molecule has 31 heavy (non-hydrogen) atoms. The summed E-state index contributed by atoms with van der Waals surface area (Å²) in [7, 11) is 0. The Morgan fingerprint density at radius 2 is 2.23 bits per heavy atom. The van der Waals surface area contributed by atoms with Gasteiger partial charge < -0.3 is 10.1 Å². The number of benzene rings is 1.